The lowest BCUT2D eigenvalue weighted by molar-refractivity contribution is 0.117. The van der Waals surface area contributed by atoms with E-state index in [2.05, 4.69) is 38.0 Å². The molecule has 122 valence electrons. The van der Waals surface area contributed by atoms with Gasteiger partial charge in [-0.3, -0.25) is 0 Å². The van der Waals surface area contributed by atoms with Gasteiger partial charge in [0.05, 0.1) is 6.61 Å². The summed E-state index contributed by atoms with van der Waals surface area (Å²) in [4.78, 5) is 13.3. The molecule has 0 radical (unpaired) electrons. The fourth-order valence-electron chi connectivity index (χ4n) is 2.94. The molecule has 2 aromatic rings. The lowest BCUT2D eigenvalue weighted by atomic mass is 10.1. The normalized spacial score (nSPS) is 17.5. The van der Waals surface area contributed by atoms with E-state index in [1.165, 1.54) is 0 Å². The van der Waals surface area contributed by atoms with Gasteiger partial charge in [0, 0.05) is 44.4 Å². The molecule has 3 rings (SSSR count). The number of hydrogen-bond donors (Lipinski definition) is 0. The molecule has 2 heterocycles. The predicted octanol–water partition coefficient (Wildman–Crippen LogP) is 3.11. The van der Waals surface area contributed by atoms with Crippen LogP contribution in [0.2, 0.25) is 0 Å². The van der Waals surface area contributed by atoms with E-state index in [1.54, 1.807) is 6.33 Å². The van der Waals surface area contributed by atoms with Crippen molar-refractivity contribution in [1.82, 2.24) is 9.97 Å². The van der Waals surface area contributed by atoms with Crippen molar-refractivity contribution in [3.63, 3.8) is 0 Å². The third-order valence-corrected chi connectivity index (χ3v) is 4.29. The summed E-state index contributed by atoms with van der Waals surface area (Å²) in [5, 5.41) is 0. The molecule has 1 atom stereocenters. The van der Waals surface area contributed by atoms with Crippen molar-refractivity contribution in [2.24, 2.45) is 5.92 Å². The van der Waals surface area contributed by atoms with Gasteiger partial charge in [0.25, 0.3) is 0 Å². The van der Waals surface area contributed by atoms with Gasteiger partial charge in [0.2, 0.25) is 0 Å². The minimum atomic E-state index is 0.597. The van der Waals surface area contributed by atoms with Crippen molar-refractivity contribution >= 4 is 17.3 Å². The Balaban J connectivity index is 1.71. The maximum Gasteiger partial charge on any atom is 0.138 e. The molecule has 1 fully saturated rings. The molecular formula is C18H24N4O. The van der Waals surface area contributed by atoms with Crippen molar-refractivity contribution in [3.8, 4) is 0 Å². The topological polar surface area (TPSA) is 41.5 Å². The van der Waals surface area contributed by atoms with E-state index >= 15 is 0 Å². The largest absolute Gasteiger partial charge is 0.381 e. The Kier molecular flexibility index (Phi) is 5.08. The van der Waals surface area contributed by atoms with E-state index in [0.717, 1.165) is 50.0 Å². The Morgan fingerprint density at radius 3 is 2.87 bits per heavy atom. The Labute approximate surface area is 137 Å². The zero-order chi connectivity index (χ0) is 16.1. The Hall–Kier alpha value is -2.14. The molecule has 0 saturated carbocycles. The average molecular weight is 312 g/mol. The van der Waals surface area contributed by atoms with Crippen LogP contribution in [-0.4, -0.2) is 43.3 Å². The molecule has 1 aliphatic heterocycles. The third kappa shape index (κ3) is 3.79. The van der Waals surface area contributed by atoms with E-state index in [9.17, 15) is 0 Å². The molecule has 0 bridgehead atoms. The van der Waals surface area contributed by atoms with Crippen molar-refractivity contribution in [3.05, 3.63) is 42.7 Å². The molecule has 0 N–H and O–H groups in total. The number of anilines is 3. The van der Waals surface area contributed by atoms with Gasteiger partial charge in [0.1, 0.15) is 18.0 Å². The highest BCUT2D eigenvalue weighted by atomic mass is 16.5. The minimum Gasteiger partial charge on any atom is -0.381 e. The first-order valence-corrected chi connectivity index (χ1v) is 8.21. The highest BCUT2D eigenvalue weighted by Crippen LogP contribution is 2.27. The van der Waals surface area contributed by atoms with Crippen molar-refractivity contribution in [1.29, 1.82) is 0 Å². The fraction of sp³-hybridized carbons (Fsp3) is 0.444. The Bertz CT molecular complexity index is 619. The molecule has 0 aliphatic carbocycles. The molecule has 0 amide bonds. The monoisotopic (exact) mass is 312 g/mol. The van der Waals surface area contributed by atoms with E-state index in [1.807, 2.05) is 32.2 Å². The second kappa shape index (κ2) is 7.42. The average Bonchev–Trinajstić information content (AvgIpc) is 3.09. The maximum atomic E-state index is 5.55. The van der Waals surface area contributed by atoms with Crippen LogP contribution in [0, 0.1) is 5.92 Å². The summed E-state index contributed by atoms with van der Waals surface area (Å²) >= 11 is 0. The number of para-hydroxylation sites is 1. The molecule has 1 aromatic heterocycles. The number of nitrogens with zero attached hydrogens (tertiary/aromatic N) is 4. The Morgan fingerprint density at radius 1 is 1.26 bits per heavy atom. The quantitative estimate of drug-likeness (QED) is 0.820. The van der Waals surface area contributed by atoms with E-state index < -0.39 is 0 Å². The van der Waals surface area contributed by atoms with Crippen LogP contribution in [0.3, 0.4) is 0 Å². The molecular weight excluding hydrogens is 288 g/mol. The molecule has 1 aliphatic rings. The van der Waals surface area contributed by atoms with Gasteiger partial charge in [-0.1, -0.05) is 18.2 Å². The van der Waals surface area contributed by atoms with E-state index in [-0.39, 0.29) is 0 Å². The first-order valence-electron chi connectivity index (χ1n) is 8.21. The van der Waals surface area contributed by atoms with Crippen LogP contribution in [0.5, 0.6) is 0 Å². The third-order valence-electron chi connectivity index (χ3n) is 4.29. The fourth-order valence-corrected chi connectivity index (χ4v) is 2.94. The molecule has 23 heavy (non-hydrogen) atoms. The van der Waals surface area contributed by atoms with Gasteiger partial charge < -0.3 is 14.5 Å². The number of ether oxygens (including phenoxy) is 1. The minimum absolute atomic E-state index is 0.597. The maximum absolute atomic E-state index is 5.55. The smallest absolute Gasteiger partial charge is 0.138 e. The molecule has 0 spiro atoms. The molecule has 0 unspecified atom stereocenters. The summed E-state index contributed by atoms with van der Waals surface area (Å²) in [7, 11) is 2.03. The van der Waals surface area contributed by atoms with Crippen LogP contribution < -0.4 is 9.80 Å². The van der Waals surface area contributed by atoms with Crippen LogP contribution >= 0.6 is 0 Å². The highest BCUT2D eigenvalue weighted by molar-refractivity contribution is 5.61. The lowest BCUT2D eigenvalue weighted by Gasteiger charge is -2.21. The van der Waals surface area contributed by atoms with E-state index in [4.69, 9.17) is 4.74 Å². The summed E-state index contributed by atoms with van der Waals surface area (Å²) in [6, 6.07) is 12.3. The number of hydrogen-bond acceptors (Lipinski definition) is 5. The van der Waals surface area contributed by atoms with Crippen molar-refractivity contribution in [2.45, 2.75) is 13.3 Å². The molecule has 1 saturated heterocycles. The zero-order valence-electron chi connectivity index (χ0n) is 13.9. The summed E-state index contributed by atoms with van der Waals surface area (Å²) in [5.41, 5.74) is 1.12. The van der Waals surface area contributed by atoms with Gasteiger partial charge in [-0.2, -0.15) is 0 Å². The van der Waals surface area contributed by atoms with Gasteiger partial charge in [-0.05, 0) is 25.5 Å². The van der Waals surface area contributed by atoms with Crippen LogP contribution in [0.15, 0.2) is 42.7 Å². The van der Waals surface area contributed by atoms with Gasteiger partial charge in [-0.15, -0.1) is 0 Å². The first kappa shape index (κ1) is 15.7. The summed E-state index contributed by atoms with van der Waals surface area (Å²) in [6.07, 6.45) is 2.81. The van der Waals surface area contributed by atoms with Gasteiger partial charge in [0.15, 0.2) is 0 Å². The molecule has 5 nitrogen and oxygen atoms in total. The summed E-state index contributed by atoms with van der Waals surface area (Å²) < 4.78 is 5.55. The highest BCUT2D eigenvalue weighted by Gasteiger charge is 2.24. The van der Waals surface area contributed by atoms with Crippen LogP contribution in [0.1, 0.15) is 13.3 Å². The number of benzene rings is 1. The van der Waals surface area contributed by atoms with Gasteiger partial charge in [-0.25, -0.2) is 9.97 Å². The lowest BCUT2D eigenvalue weighted by Crippen LogP contribution is -2.23. The van der Waals surface area contributed by atoms with E-state index in [0.29, 0.717) is 5.92 Å². The standard InChI is InChI=1S/C18H24N4O/c1-3-23-13-15-9-10-22(12-15)18-11-17(19-14-20-18)21(2)16-7-5-4-6-8-16/h4-8,11,14-15H,3,9-10,12-13H2,1-2H3/t15-/m0/s1. The van der Waals surface area contributed by atoms with Crippen LogP contribution in [0.25, 0.3) is 0 Å². The van der Waals surface area contributed by atoms with Crippen molar-refractivity contribution in [2.75, 3.05) is 43.2 Å². The second-order valence-electron chi connectivity index (χ2n) is 5.89. The summed E-state index contributed by atoms with van der Waals surface area (Å²) in [6.45, 7) is 5.71. The SMILES string of the molecule is CCOC[C@H]1CCN(c2cc(N(C)c3ccccc3)ncn2)C1. The molecule has 1 aromatic carbocycles. The second-order valence-corrected chi connectivity index (χ2v) is 5.89. The summed E-state index contributed by atoms with van der Waals surface area (Å²) in [5.74, 6) is 2.51. The van der Waals surface area contributed by atoms with Crippen LogP contribution in [-0.2, 0) is 4.74 Å². The number of rotatable bonds is 6. The number of aromatic nitrogens is 2. The molecule has 5 heteroatoms. The Morgan fingerprint density at radius 2 is 2.09 bits per heavy atom. The first-order chi connectivity index (χ1) is 11.3. The van der Waals surface area contributed by atoms with Gasteiger partial charge >= 0.3 is 0 Å². The predicted molar refractivity (Wildman–Crippen MR) is 93.4 cm³/mol. The zero-order valence-corrected chi connectivity index (χ0v) is 13.9. The van der Waals surface area contributed by atoms with Crippen LogP contribution in [0.4, 0.5) is 17.3 Å². The van der Waals surface area contributed by atoms with Crippen molar-refractivity contribution < 1.29 is 4.74 Å².